The lowest BCUT2D eigenvalue weighted by Gasteiger charge is -2.03. The predicted molar refractivity (Wildman–Crippen MR) is 71.9 cm³/mol. The molecule has 1 heterocycles. The number of benzene rings is 1. The highest BCUT2D eigenvalue weighted by Crippen LogP contribution is 2.17. The molecule has 0 amide bonds. The lowest BCUT2D eigenvalue weighted by atomic mass is 10.1. The Morgan fingerprint density at radius 1 is 1.42 bits per heavy atom. The lowest BCUT2D eigenvalue weighted by Crippen LogP contribution is -2.11. The molecule has 0 fully saturated rings. The molecule has 0 radical (unpaired) electrons. The SMILES string of the molecule is CCCC(N)c1noc(Cc2cccc(OC)c2)n1. The molecule has 0 spiro atoms. The molecule has 1 unspecified atom stereocenters. The predicted octanol–water partition coefficient (Wildman–Crippen LogP) is 2.47. The maximum Gasteiger partial charge on any atom is 0.231 e. The Balaban J connectivity index is 2.06. The normalized spacial score (nSPS) is 12.4. The number of hydrogen-bond acceptors (Lipinski definition) is 5. The van der Waals surface area contributed by atoms with Crippen molar-refractivity contribution in [2.75, 3.05) is 7.11 Å². The largest absolute Gasteiger partial charge is 0.497 e. The summed E-state index contributed by atoms with van der Waals surface area (Å²) in [5.41, 5.74) is 7.02. The summed E-state index contributed by atoms with van der Waals surface area (Å²) in [6, 6.07) is 7.65. The molecule has 19 heavy (non-hydrogen) atoms. The van der Waals surface area contributed by atoms with Crippen LogP contribution in [-0.4, -0.2) is 17.3 Å². The van der Waals surface area contributed by atoms with Crippen molar-refractivity contribution < 1.29 is 9.26 Å². The van der Waals surface area contributed by atoms with Gasteiger partial charge in [0.2, 0.25) is 5.89 Å². The highest BCUT2D eigenvalue weighted by atomic mass is 16.5. The van der Waals surface area contributed by atoms with Gasteiger partial charge in [-0.1, -0.05) is 30.6 Å². The van der Waals surface area contributed by atoms with Crippen LogP contribution in [0.15, 0.2) is 28.8 Å². The van der Waals surface area contributed by atoms with Gasteiger partial charge in [-0.15, -0.1) is 0 Å². The minimum atomic E-state index is -0.146. The first-order chi connectivity index (χ1) is 9.22. The van der Waals surface area contributed by atoms with Gasteiger partial charge in [-0.2, -0.15) is 4.98 Å². The summed E-state index contributed by atoms with van der Waals surface area (Å²) in [7, 11) is 1.65. The van der Waals surface area contributed by atoms with Crippen LogP contribution in [0.3, 0.4) is 0 Å². The van der Waals surface area contributed by atoms with Crippen molar-refractivity contribution >= 4 is 0 Å². The fourth-order valence-electron chi connectivity index (χ4n) is 1.89. The van der Waals surface area contributed by atoms with Gasteiger partial charge in [0.05, 0.1) is 19.6 Å². The van der Waals surface area contributed by atoms with E-state index in [1.807, 2.05) is 24.3 Å². The topological polar surface area (TPSA) is 74.2 Å². The number of nitrogens with zero attached hydrogens (tertiary/aromatic N) is 2. The molecule has 5 nitrogen and oxygen atoms in total. The Kier molecular flexibility index (Phi) is 4.52. The molecular weight excluding hydrogens is 242 g/mol. The Morgan fingerprint density at radius 2 is 2.26 bits per heavy atom. The van der Waals surface area contributed by atoms with Crippen LogP contribution in [0, 0.1) is 0 Å². The molecule has 2 N–H and O–H groups in total. The van der Waals surface area contributed by atoms with Gasteiger partial charge in [-0.25, -0.2) is 0 Å². The van der Waals surface area contributed by atoms with Gasteiger partial charge in [-0.3, -0.25) is 0 Å². The lowest BCUT2D eigenvalue weighted by molar-refractivity contribution is 0.374. The molecule has 5 heteroatoms. The first-order valence-electron chi connectivity index (χ1n) is 6.44. The van der Waals surface area contributed by atoms with E-state index in [1.54, 1.807) is 7.11 Å². The molecule has 1 aromatic heterocycles. The van der Waals surface area contributed by atoms with E-state index in [-0.39, 0.29) is 6.04 Å². The second-order valence-corrected chi connectivity index (χ2v) is 4.47. The van der Waals surface area contributed by atoms with E-state index >= 15 is 0 Å². The van der Waals surface area contributed by atoms with E-state index in [2.05, 4.69) is 17.1 Å². The monoisotopic (exact) mass is 261 g/mol. The van der Waals surface area contributed by atoms with E-state index < -0.39 is 0 Å². The molecular formula is C14H19N3O2. The summed E-state index contributed by atoms with van der Waals surface area (Å²) in [6.07, 6.45) is 2.45. The van der Waals surface area contributed by atoms with Crippen LogP contribution in [0.25, 0.3) is 0 Å². The zero-order chi connectivity index (χ0) is 13.7. The van der Waals surface area contributed by atoms with Crippen LogP contribution in [-0.2, 0) is 6.42 Å². The number of hydrogen-bond donors (Lipinski definition) is 1. The number of rotatable bonds is 6. The molecule has 2 rings (SSSR count). The van der Waals surface area contributed by atoms with Crippen molar-refractivity contribution in [1.82, 2.24) is 10.1 Å². The van der Waals surface area contributed by atoms with Crippen LogP contribution in [0.1, 0.15) is 43.1 Å². The van der Waals surface area contributed by atoms with E-state index in [9.17, 15) is 0 Å². The summed E-state index contributed by atoms with van der Waals surface area (Å²) >= 11 is 0. The van der Waals surface area contributed by atoms with E-state index in [0.717, 1.165) is 24.2 Å². The Bertz CT molecular complexity index is 525. The summed E-state index contributed by atoms with van der Waals surface area (Å²) in [4.78, 5) is 4.34. The van der Waals surface area contributed by atoms with Gasteiger partial charge in [0.1, 0.15) is 5.75 Å². The zero-order valence-corrected chi connectivity index (χ0v) is 11.3. The first kappa shape index (κ1) is 13.5. The molecule has 0 aliphatic heterocycles. The van der Waals surface area contributed by atoms with E-state index in [4.69, 9.17) is 15.0 Å². The maximum absolute atomic E-state index is 5.95. The van der Waals surface area contributed by atoms with Crippen LogP contribution >= 0.6 is 0 Å². The third-order valence-electron chi connectivity index (χ3n) is 2.90. The quantitative estimate of drug-likeness (QED) is 0.864. The average molecular weight is 261 g/mol. The minimum Gasteiger partial charge on any atom is -0.497 e. The molecule has 1 aromatic carbocycles. The first-order valence-corrected chi connectivity index (χ1v) is 6.44. The van der Waals surface area contributed by atoms with Crippen molar-refractivity contribution in [3.63, 3.8) is 0 Å². The van der Waals surface area contributed by atoms with E-state index in [0.29, 0.717) is 18.1 Å². The van der Waals surface area contributed by atoms with Crippen molar-refractivity contribution in [3.8, 4) is 5.75 Å². The fraction of sp³-hybridized carbons (Fsp3) is 0.429. The number of methoxy groups -OCH3 is 1. The third kappa shape index (κ3) is 3.54. The smallest absolute Gasteiger partial charge is 0.231 e. The summed E-state index contributed by atoms with van der Waals surface area (Å²) in [5, 5.41) is 3.93. The van der Waals surface area contributed by atoms with Crippen LogP contribution in [0.5, 0.6) is 5.75 Å². The van der Waals surface area contributed by atoms with Crippen molar-refractivity contribution in [2.24, 2.45) is 5.73 Å². The van der Waals surface area contributed by atoms with Crippen LogP contribution in [0.2, 0.25) is 0 Å². The molecule has 0 aliphatic rings. The second kappa shape index (κ2) is 6.33. The molecule has 102 valence electrons. The number of nitrogens with two attached hydrogens (primary N) is 1. The molecule has 0 aliphatic carbocycles. The average Bonchev–Trinajstić information content (AvgIpc) is 2.88. The summed E-state index contributed by atoms with van der Waals surface area (Å²) in [5.74, 6) is 1.98. The van der Waals surface area contributed by atoms with Gasteiger partial charge in [0.15, 0.2) is 5.82 Å². The minimum absolute atomic E-state index is 0.146. The molecule has 0 saturated carbocycles. The van der Waals surface area contributed by atoms with Crippen molar-refractivity contribution in [3.05, 3.63) is 41.5 Å². The van der Waals surface area contributed by atoms with Gasteiger partial charge in [-0.05, 0) is 24.1 Å². The Labute approximate surface area is 112 Å². The van der Waals surface area contributed by atoms with Gasteiger partial charge in [0, 0.05) is 0 Å². The van der Waals surface area contributed by atoms with Crippen molar-refractivity contribution in [1.29, 1.82) is 0 Å². The Morgan fingerprint density at radius 3 is 3.00 bits per heavy atom. The summed E-state index contributed by atoms with van der Waals surface area (Å²) in [6.45, 7) is 2.08. The van der Waals surface area contributed by atoms with Gasteiger partial charge >= 0.3 is 0 Å². The summed E-state index contributed by atoms with van der Waals surface area (Å²) < 4.78 is 10.4. The van der Waals surface area contributed by atoms with Gasteiger partial charge in [0.25, 0.3) is 0 Å². The second-order valence-electron chi connectivity index (χ2n) is 4.47. The highest BCUT2D eigenvalue weighted by Gasteiger charge is 2.13. The zero-order valence-electron chi connectivity index (χ0n) is 11.3. The molecule has 0 saturated heterocycles. The third-order valence-corrected chi connectivity index (χ3v) is 2.90. The Hall–Kier alpha value is -1.88. The maximum atomic E-state index is 5.95. The fourth-order valence-corrected chi connectivity index (χ4v) is 1.89. The molecule has 2 aromatic rings. The number of ether oxygens (including phenoxy) is 1. The standard InChI is InChI=1S/C14H19N3O2/c1-3-5-12(15)14-16-13(19-17-14)9-10-6-4-7-11(8-10)18-2/h4,6-8,12H,3,5,9,15H2,1-2H3. The highest BCUT2D eigenvalue weighted by molar-refractivity contribution is 5.29. The molecule has 0 bridgehead atoms. The van der Waals surface area contributed by atoms with Gasteiger partial charge < -0.3 is 15.0 Å². The van der Waals surface area contributed by atoms with Crippen LogP contribution in [0.4, 0.5) is 0 Å². The van der Waals surface area contributed by atoms with Crippen molar-refractivity contribution in [2.45, 2.75) is 32.2 Å². The number of aromatic nitrogens is 2. The van der Waals surface area contributed by atoms with E-state index in [1.165, 1.54) is 0 Å². The van der Waals surface area contributed by atoms with Crippen LogP contribution < -0.4 is 10.5 Å². The molecule has 1 atom stereocenters.